The molecular formula is C14H10BrCl3FN. The summed E-state index contributed by atoms with van der Waals surface area (Å²) in [6.07, 6.45) is 0. The lowest BCUT2D eigenvalue weighted by Crippen LogP contribution is -2.20. The monoisotopic (exact) mass is 395 g/mol. The van der Waals surface area contributed by atoms with Crippen LogP contribution in [0.25, 0.3) is 0 Å². The van der Waals surface area contributed by atoms with Gasteiger partial charge in [0.15, 0.2) is 0 Å². The van der Waals surface area contributed by atoms with E-state index in [9.17, 15) is 4.39 Å². The predicted octanol–water partition coefficient (Wildman–Crippen LogP) is 5.86. The van der Waals surface area contributed by atoms with Crippen molar-refractivity contribution >= 4 is 50.7 Å². The Hall–Kier alpha value is -0.320. The molecule has 0 fully saturated rings. The van der Waals surface area contributed by atoms with E-state index in [-0.39, 0.29) is 5.02 Å². The summed E-state index contributed by atoms with van der Waals surface area (Å²) in [6.45, 7) is 0. The summed E-state index contributed by atoms with van der Waals surface area (Å²) in [6, 6.07) is 8.02. The summed E-state index contributed by atoms with van der Waals surface area (Å²) < 4.78 is 14.9. The Kier molecular flexibility index (Phi) is 5.32. The van der Waals surface area contributed by atoms with Crippen LogP contribution in [0.1, 0.15) is 17.2 Å². The van der Waals surface area contributed by atoms with Crippen molar-refractivity contribution in [2.75, 3.05) is 7.05 Å². The van der Waals surface area contributed by atoms with Gasteiger partial charge in [0, 0.05) is 25.6 Å². The normalized spacial score (nSPS) is 12.5. The molecule has 1 unspecified atom stereocenters. The molecule has 0 radical (unpaired) electrons. The summed E-state index contributed by atoms with van der Waals surface area (Å²) in [5.74, 6) is -0.503. The molecule has 0 amide bonds. The van der Waals surface area contributed by atoms with Crippen LogP contribution in [0.3, 0.4) is 0 Å². The van der Waals surface area contributed by atoms with E-state index >= 15 is 0 Å². The van der Waals surface area contributed by atoms with Gasteiger partial charge in [-0.25, -0.2) is 4.39 Å². The molecule has 0 aliphatic rings. The second-order valence-electron chi connectivity index (χ2n) is 4.12. The Balaban J connectivity index is 2.62. The minimum Gasteiger partial charge on any atom is -0.309 e. The smallest absolute Gasteiger partial charge is 0.148 e. The number of nitrogens with one attached hydrogen (secondary N) is 1. The Morgan fingerprint density at radius 2 is 1.70 bits per heavy atom. The average molecular weight is 398 g/mol. The van der Waals surface area contributed by atoms with Crippen LogP contribution in [0.2, 0.25) is 15.1 Å². The highest BCUT2D eigenvalue weighted by molar-refractivity contribution is 9.10. The van der Waals surface area contributed by atoms with Gasteiger partial charge in [0.2, 0.25) is 0 Å². The molecule has 0 aliphatic carbocycles. The van der Waals surface area contributed by atoms with Crippen molar-refractivity contribution in [1.82, 2.24) is 5.32 Å². The second-order valence-corrected chi connectivity index (χ2v) is 6.17. The molecule has 0 aliphatic heterocycles. The Morgan fingerprint density at radius 3 is 2.25 bits per heavy atom. The van der Waals surface area contributed by atoms with E-state index in [1.54, 1.807) is 37.4 Å². The van der Waals surface area contributed by atoms with Gasteiger partial charge in [-0.05, 0) is 41.2 Å². The molecule has 0 spiro atoms. The standard InChI is InChI=1S/C14H10BrCl3FN/c1-20-14(11-9(16)3-2-4-10(11)17)7-5-6-8(15)12(18)13(7)19/h2-6,14,20H,1H3. The van der Waals surface area contributed by atoms with E-state index in [4.69, 9.17) is 34.8 Å². The summed E-state index contributed by atoms with van der Waals surface area (Å²) in [5.41, 5.74) is 1.01. The lowest BCUT2D eigenvalue weighted by atomic mass is 9.98. The third-order valence-electron chi connectivity index (χ3n) is 2.95. The molecule has 106 valence electrons. The Morgan fingerprint density at radius 1 is 1.10 bits per heavy atom. The second kappa shape index (κ2) is 6.63. The van der Waals surface area contributed by atoms with Gasteiger partial charge in [0.05, 0.1) is 11.1 Å². The van der Waals surface area contributed by atoms with E-state index < -0.39 is 11.9 Å². The van der Waals surface area contributed by atoms with Crippen molar-refractivity contribution in [2.24, 2.45) is 0 Å². The first-order valence-corrected chi connectivity index (χ1v) is 7.64. The van der Waals surface area contributed by atoms with Gasteiger partial charge in [0.1, 0.15) is 5.82 Å². The Labute approximate surface area is 140 Å². The summed E-state index contributed by atoms with van der Waals surface area (Å²) in [5, 5.41) is 3.99. The first-order chi connectivity index (χ1) is 9.47. The van der Waals surface area contributed by atoms with Crippen molar-refractivity contribution in [3.8, 4) is 0 Å². The van der Waals surface area contributed by atoms with Gasteiger partial charge in [-0.1, -0.05) is 46.9 Å². The fourth-order valence-electron chi connectivity index (χ4n) is 2.01. The van der Waals surface area contributed by atoms with Crippen LogP contribution in [0, 0.1) is 5.82 Å². The topological polar surface area (TPSA) is 12.0 Å². The minimum absolute atomic E-state index is 0.0333. The van der Waals surface area contributed by atoms with E-state index in [0.29, 0.717) is 25.6 Å². The quantitative estimate of drug-likeness (QED) is 0.640. The molecule has 1 nitrogen and oxygen atoms in total. The molecule has 2 aromatic rings. The Bertz CT molecular complexity index is 628. The highest BCUT2D eigenvalue weighted by atomic mass is 79.9. The van der Waals surface area contributed by atoms with E-state index in [2.05, 4.69) is 21.2 Å². The molecule has 0 saturated carbocycles. The van der Waals surface area contributed by atoms with Crippen molar-refractivity contribution in [2.45, 2.75) is 6.04 Å². The average Bonchev–Trinajstić information content (AvgIpc) is 2.42. The highest BCUT2D eigenvalue weighted by Gasteiger charge is 2.23. The molecule has 0 saturated heterocycles. The maximum atomic E-state index is 14.4. The largest absolute Gasteiger partial charge is 0.309 e. The first kappa shape index (κ1) is 16.1. The van der Waals surface area contributed by atoms with E-state index in [0.717, 1.165) is 0 Å². The SMILES string of the molecule is CNC(c1ccc(Br)c(Cl)c1F)c1c(Cl)cccc1Cl. The maximum absolute atomic E-state index is 14.4. The zero-order valence-corrected chi connectivity index (χ0v) is 14.2. The van der Waals surface area contributed by atoms with Crippen molar-refractivity contribution < 1.29 is 4.39 Å². The maximum Gasteiger partial charge on any atom is 0.148 e. The van der Waals surface area contributed by atoms with Crippen LogP contribution >= 0.6 is 50.7 Å². The van der Waals surface area contributed by atoms with Crippen LogP contribution in [-0.4, -0.2) is 7.05 Å². The fourth-order valence-corrected chi connectivity index (χ4v) is 3.10. The lowest BCUT2D eigenvalue weighted by molar-refractivity contribution is 0.576. The van der Waals surface area contributed by atoms with Gasteiger partial charge < -0.3 is 5.32 Å². The summed E-state index contributed by atoms with van der Waals surface area (Å²) in [7, 11) is 1.71. The first-order valence-electron chi connectivity index (χ1n) is 5.72. The van der Waals surface area contributed by atoms with E-state index in [1.165, 1.54) is 0 Å². The van der Waals surface area contributed by atoms with Crippen LogP contribution in [0.15, 0.2) is 34.8 Å². The molecule has 2 aromatic carbocycles. The lowest BCUT2D eigenvalue weighted by Gasteiger charge is -2.21. The molecule has 0 bridgehead atoms. The molecule has 0 heterocycles. The molecule has 2 rings (SSSR count). The van der Waals surface area contributed by atoms with Crippen molar-refractivity contribution in [3.63, 3.8) is 0 Å². The molecule has 0 aromatic heterocycles. The molecule has 1 N–H and O–H groups in total. The molecule has 1 atom stereocenters. The van der Waals surface area contributed by atoms with Crippen LogP contribution in [0.4, 0.5) is 4.39 Å². The molecule has 6 heteroatoms. The molecule has 20 heavy (non-hydrogen) atoms. The fraction of sp³-hybridized carbons (Fsp3) is 0.143. The molecular weight excluding hydrogens is 387 g/mol. The predicted molar refractivity (Wildman–Crippen MR) is 86.5 cm³/mol. The van der Waals surface area contributed by atoms with E-state index in [1.807, 2.05) is 0 Å². The van der Waals surface area contributed by atoms with Crippen molar-refractivity contribution in [1.29, 1.82) is 0 Å². The number of rotatable bonds is 3. The summed E-state index contributed by atoms with van der Waals surface area (Å²) >= 11 is 21.5. The third kappa shape index (κ3) is 2.97. The van der Waals surface area contributed by atoms with Gasteiger partial charge >= 0.3 is 0 Å². The number of hydrogen-bond donors (Lipinski definition) is 1. The van der Waals surface area contributed by atoms with Gasteiger partial charge in [0.25, 0.3) is 0 Å². The van der Waals surface area contributed by atoms with Crippen LogP contribution in [0.5, 0.6) is 0 Å². The van der Waals surface area contributed by atoms with Gasteiger partial charge in [-0.3, -0.25) is 0 Å². The third-order valence-corrected chi connectivity index (χ3v) is 4.87. The number of halogens is 5. The van der Waals surface area contributed by atoms with Crippen molar-refractivity contribution in [3.05, 3.63) is 66.8 Å². The summed E-state index contributed by atoms with van der Waals surface area (Å²) in [4.78, 5) is 0. The number of hydrogen-bond acceptors (Lipinski definition) is 1. The zero-order valence-electron chi connectivity index (χ0n) is 10.4. The van der Waals surface area contributed by atoms with Crippen LogP contribution < -0.4 is 5.32 Å². The van der Waals surface area contributed by atoms with Gasteiger partial charge in [-0.15, -0.1) is 0 Å². The number of benzene rings is 2. The zero-order chi connectivity index (χ0) is 14.9. The highest BCUT2D eigenvalue weighted by Crippen LogP contribution is 2.37. The van der Waals surface area contributed by atoms with Gasteiger partial charge in [-0.2, -0.15) is 0 Å². The van der Waals surface area contributed by atoms with Crippen LogP contribution in [-0.2, 0) is 0 Å². The minimum atomic E-state index is -0.503.